The predicted molar refractivity (Wildman–Crippen MR) is 146 cm³/mol. The summed E-state index contributed by atoms with van der Waals surface area (Å²) in [6.07, 6.45) is 0.305. The third-order valence-electron chi connectivity index (χ3n) is 6.26. The number of sulfone groups is 1. The van der Waals surface area contributed by atoms with Gasteiger partial charge in [0.25, 0.3) is 0 Å². The molecule has 206 valence electrons. The highest BCUT2D eigenvalue weighted by atomic mass is 32.2. The second kappa shape index (κ2) is 15.7. The third kappa shape index (κ3) is 10.4. The lowest BCUT2D eigenvalue weighted by molar-refractivity contribution is -0.158. The number of hydrogen-bond donors (Lipinski definition) is 3. The fourth-order valence-corrected chi connectivity index (χ4v) is 6.28. The van der Waals surface area contributed by atoms with Crippen LogP contribution in [0.15, 0.2) is 54.6 Å². The molecule has 0 aromatic heterocycles. The third-order valence-corrected chi connectivity index (χ3v) is 8.53. The molecule has 0 heterocycles. The van der Waals surface area contributed by atoms with Crippen LogP contribution in [0.4, 0.5) is 0 Å². The monoisotopic (exact) mass is 534 g/mol. The lowest BCUT2D eigenvalue weighted by atomic mass is 10.0. The zero-order chi connectivity index (χ0) is 27.3. The van der Waals surface area contributed by atoms with Crippen LogP contribution in [-0.2, 0) is 32.3 Å². The topological polar surface area (TPSA) is 128 Å². The van der Waals surface area contributed by atoms with Crippen molar-refractivity contribution in [1.29, 1.82) is 0 Å². The molecule has 0 aliphatic heterocycles. The van der Waals surface area contributed by atoms with Gasteiger partial charge in [0.2, 0.25) is 0 Å². The molecule has 0 aliphatic rings. The van der Waals surface area contributed by atoms with Crippen LogP contribution in [0.25, 0.3) is 0 Å². The summed E-state index contributed by atoms with van der Waals surface area (Å²) < 4.78 is 36.6. The van der Waals surface area contributed by atoms with Crippen molar-refractivity contribution in [2.24, 2.45) is 5.73 Å². The van der Waals surface area contributed by atoms with Gasteiger partial charge in [0, 0.05) is 19.1 Å². The number of hydrogen-bond acceptors (Lipinski definition) is 8. The highest BCUT2D eigenvalue weighted by molar-refractivity contribution is 7.92. The zero-order valence-electron chi connectivity index (χ0n) is 22.1. The number of carbonyl (C=O) groups excluding carboxylic acids is 1. The minimum atomic E-state index is -3.66. The summed E-state index contributed by atoms with van der Waals surface area (Å²) in [5.74, 6) is -0.905. The van der Waals surface area contributed by atoms with Crippen molar-refractivity contribution in [2.75, 3.05) is 19.4 Å². The van der Waals surface area contributed by atoms with Gasteiger partial charge < -0.3 is 25.6 Å². The zero-order valence-corrected chi connectivity index (χ0v) is 23.0. The van der Waals surface area contributed by atoms with Crippen LogP contribution in [-0.4, -0.2) is 62.4 Å². The first-order chi connectivity index (χ1) is 17.7. The van der Waals surface area contributed by atoms with Gasteiger partial charge in [-0.2, -0.15) is 0 Å². The average molecular weight is 535 g/mol. The van der Waals surface area contributed by atoms with E-state index >= 15 is 0 Å². The second-order valence-corrected chi connectivity index (χ2v) is 11.7. The molecular formula is C28H42N2O6S. The molecular weight excluding hydrogens is 492 g/mol. The Morgan fingerprint density at radius 1 is 1.03 bits per heavy atom. The van der Waals surface area contributed by atoms with Gasteiger partial charge in [0.1, 0.15) is 11.9 Å². The molecule has 37 heavy (non-hydrogen) atoms. The van der Waals surface area contributed by atoms with Crippen LogP contribution in [0.5, 0.6) is 5.75 Å². The molecule has 0 fully saturated rings. The first-order valence-corrected chi connectivity index (χ1v) is 14.6. The number of esters is 1. The van der Waals surface area contributed by atoms with E-state index in [9.17, 15) is 18.3 Å². The Bertz CT molecular complexity index is 1040. The molecule has 4 N–H and O–H groups in total. The molecule has 1 unspecified atom stereocenters. The van der Waals surface area contributed by atoms with E-state index in [1.165, 1.54) is 0 Å². The van der Waals surface area contributed by atoms with Crippen molar-refractivity contribution in [2.45, 2.75) is 76.0 Å². The van der Waals surface area contributed by atoms with E-state index in [1.807, 2.05) is 68.4 Å². The van der Waals surface area contributed by atoms with Gasteiger partial charge in [-0.1, -0.05) is 69.2 Å². The second-order valence-electron chi connectivity index (χ2n) is 9.36. The minimum Gasteiger partial charge on any atom is -0.497 e. The SMILES string of the molecule is CCCC(CCC)S(=O)(=O)CC(O)C(=O)O[C@H](CNCc1cccc(OC)c1)[C@@H](N)Cc1ccccc1. The van der Waals surface area contributed by atoms with Crippen molar-refractivity contribution in [3.8, 4) is 5.75 Å². The summed E-state index contributed by atoms with van der Waals surface area (Å²) in [5.41, 5.74) is 8.40. The molecule has 0 aliphatic carbocycles. The summed E-state index contributed by atoms with van der Waals surface area (Å²) in [4.78, 5) is 12.8. The molecule has 0 saturated carbocycles. The van der Waals surface area contributed by atoms with Crippen molar-refractivity contribution in [1.82, 2.24) is 5.32 Å². The van der Waals surface area contributed by atoms with Crippen molar-refractivity contribution >= 4 is 15.8 Å². The Morgan fingerprint density at radius 2 is 1.68 bits per heavy atom. The Morgan fingerprint density at radius 3 is 2.30 bits per heavy atom. The number of nitrogens with two attached hydrogens (primary N) is 1. The Kier molecular flexibility index (Phi) is 13.1. The van der Waals surface area contributed by atoms with Gasteiger partial charge >= 0.3 is 5.97 Å². The maximum absolute atomic E-state index is 12.9. The summed E-state index contributed by atoms with van der Waals surface area (Å²) in [6, 6.07) is 16.6. The maximum Gasteiger partial charge on any atom is 0.336 e. The van der Waals surface area contributed by atoms with Gasteiger partial charge in [-0.15, -0.1) is 0 Å². The molecule has 0 bridgehead atoms. The Labute approximate surface area is 221 Å². The van der Waals surface area contributed by atoms with E-state index in [4.69, 9.17) is 15.2 Å². The quantitative estimate of drug-likeness (QED) is 0.264. The molecule has 0 spiro atoms. The van der Waals surface area contributed by atoms with Crippen molar-refractivity contribution < 1.29 is 27.8 Å². The molecule has 0 radical (unpaired) electrons. The highest BCUT2D eigenvalue weighted by Gasteiger charge is 2.33. The predicted octanol–water partition coefficient (Wildman–Crippen LogP) is 3.01. The number of aliphatic hydroxyl groups is 1. The summed E-state index contributed by atoms with van der Waals surface area (Å²) in [5, 5.41) is 13.2. The molecule has 2 aromatic rings. The van der Waals surface area contributed by atoms with Crippen LogP contribution >= 0.6 is 0 Å². The van der Waals surface area contributed by atoms with Gasteiger partial charge in [-0.05, 0) is 42.5 Å². The normalized spacial score (nSPS) is 14.2. The van der Waals surface area contributed by atoms with E-state index in [0.717, 1.165) is 16.9 Å². The lowest BCUT2D eigenvalue weighted by Gasteiger charge is -2.26. The van der Waals surface area contributed by atoms with E-state index in [-0.39, 0.29) is 6.54 Å². The Hall–Kier alpha value is -2.46. The van der Waals surface area contributed by atoms with Crippen LogP contribution in [0, 0.1) is 0 Å². The molecule has 9 heteroatoms. The number of nitrogens with one attached hydrogen (secondary N) is 1. The molecule has 8 nitrogen and oxygen atoms in total. The standard InChI is InChI=1S/C28H42N2O6S/c1-4-10-24(11-5-2)37(33,34)20-26(31)28(32)36-27(25(29)17-21-12-7-6-8-13-21)19-30-18-22-14-9-15-23(16-22)35-3/h6-9,12-16,24-27,30-31H,4-5,10-11,17-20,29H2,1-3H3/t25-,26?,27+/m0/s1. The summed E-state index contributed by atoms with van der Waals surface area (Å²) in [7, 11) is -2.06. The fourth-order valence-electron chi connectivity index (χ4n) is 4.24. The molecule has 0 saturated heterocycles. The number of ether oxygens (including phenoxy) is 2. The number of methoxy groups -OCH3 is 1. The lowest BCUT2D eigenvalue weighted by Crippen LogP contribution is -2.48. The summed E-state index contributed by atoms with van der Waals surface area (Å²) in [6.45, 7) is 4.54. The van der Waals surface area contributed by atoms with Gasteiger partial charge in [0.15, 0.2) is 15.9 Å². The molecule has 0 amide bonds. The molecule has 2 aromatic carbocycles. The van der Waals surface area contributed by atoms with Gasteiger partial charge in [0.05, 0.1) is 18.1 Å². The maximum atomic E-state index is 12.9. The number of rotatable bonds is 17. The average Bonchev–Trinajstić information content (AvgIpc) is 2.88. The smallest absolute Gasteiger partial charge is 0.336 e. The van der Waals surface area contributed by atoms with Crippen LogP contribution in [0.3, 0.4) is 0 Å². The van der Waals surface area contributed by atoms with E-state index in [0.29, 0.717) is 38.6 Å². The van der Waals surface area contributed by atoms with Crippen LogP contribution in [0.1, 0.15) is 50.7 Å². The Balaban J connectivity index is 2.08. The van der Waals surface area contributed by atoms with E-state index in [2.05, 4.69) is 5.32 Å². The number of aliphatic hydroxyl groups excluding tert-OH is 1. The van der Waals surface area contributed by atoms with Crippen LogP contribution in [0.2, 0.25) is 0 Å². The van der Waals surface area contributed by atoms with Gasteiger partial charge in [-0.3, -0.25) is 0 Å². The van der Waals surface area contributed by atoms with E-state index in [1.54, 1.807) is 7.11 Å². The first kappa shape index (κ1) is 30.8. The molecule has 3 atom stereocenters. The number of carbonyl (C=O) groups is 1. The van der Waals surface area contributed by atoms with Crippen molar-refractivity contribution in [3.63, 3.8) is 0 Å². The highest BCUT2D eigenvalue weighted by Crippen LogP contribution is 2.18. The van der Waals surface area contributed by atoms with Gasteiger partial charge in [-0.25, -0.2) is 13.2 Å². The van der Waals surface area contributed by atoms with Crippen LogP contribution < -0.4 is 15.8 Å². The van der Waals surface area contributed by atoms with E-state index < -0.39 is 45.1 Å². The number of benzene rings is 2. The minimum absolute atomic E-state index is 0.227. The molecule has 2 rings (SSSR count). The largest absolute Gasteiger partial charge is 0.497 e. The van der Waals surface area contributed by atoms with Crippen molar-refractivity contribution in [3.05, 3.63) is 65.7 Å². The summed E-state index contributed by atoms with van der Waals surface area (Å²) >= 11 is 0. The fraction of sp³-hybridized carbons (Fsp3) is 0.536. The first-order valence-electron chi connectivity index (χ1n) is 12.9.